The molecule has 1 aliphatic heterocycles. The predicted octanol–water partition coefficient (Wildman–Crippen LogP) is 4.64. The van der Waals surface area contributed by atoms with Crippen LogP contribution in [0.25, 0.3) is 11.1 Å². The number of hydrogen-bond donors (Lipinski definition) is 1. The number of para-hydroxylation sites is 2. The number of benzene rings is 2. The van der Waals surface area contributed by atoms with Gasteiger partial charge >= 0.3 is 0 Å². The minimum Gasteiger partial charge on any atom is -0.423 e. The lowest BCUT2D eigenvalue weighted by Crippen LogP contribution is -2.38. The summed E-state index contributed by atoms with van der Waals surface area (Å²) < 4.78 is 5.82. The molecule has 1 aromatic heterocycles. The molecule has 5 nitrogen and oxygen atoms in total. The molecule has 0 atom stereocenters. The number of anilines is 2. The number of halogens is 1. The second-order valence-electron chi connectivity index (χ2n) is 6.68. The summed E-state index contributed by atoms with van der Waals surface area (Å²) in [6.45, 7) is 3.44. The van der Waals surface area contributed by atoms with Crippen molar-refractivity contribution >= 4 is 40.3 Å². The largest absolute Gasteiger partial charge is 0.423 e. The van der Waals surface area contributed by atoms with Gasteiger partial charge in [-0.25, -0.2) is 0 Å². The highest BCUT2D eigenvalue weighted by atomic mass is 35.5. The van der Waals surface area contributed by atoms with E-state index in [1.165, 1.54) is 0 Å². The van der Waals surface area contributed by atoms with Gasteiger partial charge in [0.2, 0.25) is 5.91 Å². The van der Waals surface area contributed by atoms with E-state index < -0.39 is 0 Å². The van der Waals surface area contributed by atoms with Crippen LogP contribution in [-0.2, 0) is 4.79 Å². The second kappa shape index (κ2) is 7.00. The summed E-state index contributed by atoms with van der Waals surface area (Å²) in [5.74, 6) is 0.0258. The maximum Gasteiger partial charge on any atom is 0.298 e. The Hall–Kier alpha value is -2.53. The van der Waals surface area contributed by atoms with E-state index in [1.807, 2.05) is 43.3 Å². The van der Waals surface area contributed by atoms with Gasteiger partial charge in [0.1, 0.15) is 5.52 Å². The molecule has 1 N–H and O–H groups in total. The SMILES string of the molecule is Cc1ccc(NC(=O)C2CCN(c3nc4ccccc4o3)CC2)cc1Cl. The van der Waals surface area contributed by atoms with E-state index in [9.17, 15) is 4.79 Å². The van der Waals surface area contributed by atoms with Crippen molar-refractivity contribution < 1.29 is 9.21 Å². The average molecular weight is 370 g/mol. The molecule has 26 heavy (non-hydrogen) atoms. The van der Waals surface area contributed by atoms with E-state index in [1.54, 1.807) is 6.07 Å². The van der Waals surface area contributed by atoms with Crippen molar-refractivity contribution in [2.75, 3.05) is 23.3 Å². The fourth-order valence-electron chi connectivity index (χ4n) is 3.24. The zero-order valence-corrected chi connectivity index (χ0v) is 15.3. The number of hydrogen-bond acceptors (Lipinski definition) is 4. The Morgan fingerprint density at radius 2 is 2.00 bits per heavy atom. The molecule has 4 rings (SSSR count). The van der Waals surface area contributed by atoms with Gasteiger partial charge in [-0.05, 0) is 49.6 Å². The standard InChI is InChI=1S/C20H20ClN3O2/c1-13-6-7-15(12-16(13)21)22-19(25)14-8-10-24(11-9-14)20-23-17-4-2-3-5-18(17)26-20/h2-7,12,14H,8-11H2,1H3,(H,22,25). The average Bonchev–Trinajstić information content (AvgIpc) is 3.09. The van der Waals surface area contributed by atoms with Gasteiger partial charge in [0.15, 0.2) is 5.58 Å². The lowest BCUT2D eigenvalue weighted by atomic mass is 9.96. The molecule has 6 heteroatoms. The number of piperidine rings is 1. The van der Waals surface area contributed by atoms with E-state index in [0.29, 0.717) is 11.0 Å². The summed E-state index contributed by atoms with van der Waals surface area (Å²) in [5, 5.41) is 3.64. The highest BCUT2D eigenvalue weighted by Crippen LogP contribution is 2.27. The molecule has 2 aromatic carbocycles. The molecular weight excluding hydrogens is 350 g/mol. The van der Waals surface area contributed by atoms with E-state index in [0.717, 1.165) is 48.3 Å². The van der Waals surface area contributed by atoms with Crippen LogP contribution in [-0.4, -0.2) is 24.0 Å². The summed E-state index contributed by atoms with van der Waals surface area (Å²) in [4.78, 5) is 19.2. The zero-order chi connectivity index (χ0) is 18.1. The maximum atomic E-state index is 12.5. The highest BCUT2D eigenvalue weighted by Gasteiger charge is 2.27. The smallest absolute Gasteiger partial charge is 0.298 e. The summed E-state index contributed by atoms with van der Waals surface area (Å²) in [5.41, 5.74) is 3.39. The minimum absolute atomic E-state index is 0.0179. The molecule has 2 heterocycles. The summed E-state index contributed by atoms with van der Waals surface area (Å²) >= 11 is 6.13. The Balaban J connectivity index is 1.38. The van der Waals surface area contributed by atoms with Gasteiger partial charge in [0.25, 0.3) is 6.01 Å². The zero-order valence-electron chi connectivity index (χ0n) is 14.5. The number of nitrogens with one attached hydrogen (secondary N) is 1. The Morgan fingerprint density at radius 1 is 1.23 bits per heavy atom. The van der Waals surface area contributed by atoms with Gasteiger partial charge in [0, 0.05) is 29.7 Å². The molecule has 0 unspecified atom stereocenters. The van der Waals surface area contributed by atoms with Crippen LogP contribution in [0.2, 0.25) is 5.02 Å². The summed E-state index contributed by atoms with van der Waals surface area (Å²) in [6.07, 6.45) is 1.54. The van der Waals surface area contributed by atoms with Crippen molar-refractivity contribution in [3.63, 3.8) is 0 Å². The van der Waals surface area contributed by atoms with Gasteiger partial charge in [0.05, 0.1) is 0 Å². The lowest BCUT2D eigenvalue weighted by Gasteiger charge is -2.30. The van der Waals surface area contributed by atoms with Gasteiger partial charge in [-0.2, -0.15) is 4.98 Å². The van der Waals surface area contributed by atoms with Crippen LogP contribution in [0.4, 0.5) is 11.7 Å². The molecule has 0 aliphatic carbocycles. The van der Waals surface area contributed by atoms with Crippen molar-refractivity contribution in [1.82, 2.24) is 4.98 Å². The lowest BCUT2D eigenvalue weighted by molar-refractivity contribution is -0.120. The Morgan fingerprint density at radius 3 is 2.73 bits per heavy atom. The van der Waals surface area contributed by atoms with Crippen LogP contribution in [0.3, 0.4) is 0 Å². The van der Waals surface area contributed by atoms with Crippen LogP contribution < -0.4 is 10.2 Å². The third kappa shape index (κ3) is 3.40. The van der Waals surface area contributed by atoms with Crippen LogP contribution in [0.15, 0.2) is 46.9 Å². The molecule has 1 amide bonds. The van der Waals surface area contributed by atoms with Crippen molar-refractivity contribution in [2.45, 2.75) is 19.8 Å². The molecule has 1 saturated heterocycles. The van der Waals surface area contributed by atoms with Gasteiger partial charge < -0.3 is 14.6 Å². The molecule has 0 bridgehead atoms. The first-order chi connectivity index (χ1) is 12.6. The highest BCUT2D eigenvalue weighted by molar-refractivity contribution is 6.31. The Labute approximate surface area is 157 Å². The van der Waals surface area contributed by atoms with E-state index >= 15 is 0 Å². The normalized spacial score (nSPS) is 15.4. The quantitative estimate of drug-likeness (QED) is 0.730. The number of rotatable bonds is 3. The molecule has 0 saturated carbocycles. The second-order valence-corrected chi connectivity index (χ2v) is 7.09. The van der Waals surface area contributed by atoms with E-state index in [4.69, 9.17) is 16.0 Å². The summed E-state index contributed by atoms with van der Waals surface area (Å²) in [6, 6.07) is 14.0. The first-order valence-electron chi connectivity index (χ1n) is 8.78. The van der Waals surface area contributed by atoms with Crippen LogP contribution in [0.1, 0.15) is 18.4 Å². The van der Waals surface area contributed by atoms with E-state index in [-0.39, 0.29) is 11.8 Å². The van der Waals surface area contributed by atoms with Crippen LogP contribution >= 0.6 is 11.6 Å². The summed E-state index contributed by atoms with van der Waals surface area (Å²) in [7, 11) is 0. The molecule has 1 aliphatic rings. The Kier molecular flexibility index (Phi) is 4.55. The number of nitrogens with zero attached hydrogens (tertiary/aromatic N) is 2. The van der Waals surface area contributed by atoms with Gasteiger partial charge in [-0.1, -0.05) is 29.8 Å². The third-order valence-electron chi connectivity index (χ3n) is 4.86. The molecule has 134 valence electrons. The third-order valence-corrected chi connectivity index (χ3v) is 5.27. The van der Waals surface area contributed by atoms with Gasteiger partial charge in [-0.15, -0.1) is 0 Å². The number of aromatic nitrogens is 1. The number of oxazole rings is 1. The fraction of sp³-hybridized carbons (Fsp3) is 0.300. The first kappa shape index (κ1) is 16.9. The fourth-order valence-corrected chi connectivity index (χ4v) is 3.42. The number of aryl methyl sites for hydroxylation is 1. The van der Waals surface area contributed by atoms with Crippen molar-refractivity contribution in [3.8, 4) is 0 Å². The van der Waals surface area contributed by atoms with Crippen LogP contribution in [0, 0.1) is 12.8 Å². The maximum absolute atomic E-state index is 12.5. The van der Waals surface area contributed by atoms with E-state index in [2.05, 4.69) is 15.2 Å². The molecule has 0 radical (unpaired) electrons. The topological polar surface area (TPSA) is 58.4 Å². The molecule has 1 fully saturated rings. The molecular formula is C20H20ClN3O2. The predicted molar refractivity (Wildman–Crippen MR) is 104 cm³/mol. The number of carbonyl (C=O) groups is 1. The number of fused-ring (bicyclic) bond motifs is 1. The van der Waals surface area contributed by atoms with Gasteiger partial charge in [-0.3, -0.25) is 4.79 Å². The van der Waals surface area contributed by atoms with Crippen molar-refractivity contribution in [1.29, 1.82) is 0 Å². The monoisotopic (exact) mass is 369 g/mol. The molecule has 3 aromatic rings. The number of amides is 1. The van der Waals surface area contributed by atoms with Crippen molar-refractivity contribution in [3.05, 3.63) is 53.1 Å². The molecule has 0 spiro atoms. The van der Waals surface area contributed by atoms with Crippen LogP contribution in [0.5, 0.6) is 0 Å². The number of carbonyl (C=O) groups excluding carboxylic acids is 1. The van der Waals surface area contributed by atoms with Crippen molar-refractivity contribution in [2.24, 2.45) is 5.92 Å². The Bertz CT molecular complexity index is 912. The first-order valence-corrected chi connectivity index (χ1v) is 9.15. The minimum atomic E-state index is -0.0179.